The van der Waals surface area contributed by atoms with Gasteiger partial charge in [-0.3, -0.25) is 9.37 Å². The van der Waals surface area contributed by atoms with Crippen LogP contribution in [0.25, 0.3) is 83.6 Å². The van der Waals surface area contributed by atoms with Crippen LogP contribution in [0.1, 0.15) is 103 Å². The Kier molecular flexibility index (Phi) is 14.7. The molecule has 0 amide bonds. The first-order chi connectivity index (χ1) is 33.7. The summed E-state index contributed by atoms with van der Waals surface area (Å²) in [5, 5.41) is 3.63. The molecule has 0 aliphatic rings. The molecule has 0 fully saturated rings. The first kappa shape index (κ1) is 52.1. The number of nitrogens with zero attached hydrogens (tertiary/aromatic N) is 3. The zero-order valence-electron chi connectivity index (χ0n) is 44.0. The number of para-hydroxylation sites is 2. The molecule has 3 heterocycles. The summed E-state index contributed by atoms with van der Waals surface area (Å²) in [7, 11) is -1.38. The predicted octanol–water partition coefficient (Wildman–Crippen LogP) is 17.8. The molecule has 7 heteroatoms. The minimum Gasteiger partial charge on any atom is -0.501 e. The van der Waals surface area contributed by atoms with Gasteiger partial charge in [0.1, 0.15) is 5.58 Å². The van der Waals surface area contributed by atoms with Gasteiger partial charge in [0.25, 0.3) is 0 Å². The second-order valence-electron chi connectivity index (χ2n) is 22.7. The van der Waals surface area contributed by atoms with E-state index in [9.17, 15) is 4.39 Å². The number of imidazole rings is 1. The Morgan fingerprint density at radius 3 is 1.82 bits per heavy atom. The van der Waals surface area contributed by atoms with E-state index in [0.29, 0.717) is 0 Å². The van der Waals surface area contributed by atoms with Gasteiger partial charge in [-0.05, 0) is 103 Å². The van der Waals surface area contributed by atoms with E-state index < -0.39 is 8.07 Å². The molecule has 7 aromatic carbocycles. The number of hydrogen-bond acceptors (Lipinski definition) is 3. The summed E-state index contributed by atoms with van der Waals surface area (Å²) >= 11 is 0. The van der Waals surface area contributed by atoms with Crippen molar-refractivity contribution in [1.29, 1.82) is 0 Å². The standard InChI is InChI=1S/C50H51N2OSi.C15H15FN.Ir/c1-31(2)42-28-36(34-18-23-37(24-19-34)50(5,6)7)29-43(32(3)4)47(42)52-45-17-12-11-16-44(45)51-49(52)41-15-13-14-40-39-27-22-35(30-46(39)53-48(40)41)33-20-25-38(26-21-33)54(8,9)10;1-15(2,3)12-6-9-14(17-10-12)11-4-7-13(16)8-5-11;/h11-14,16-32H,1-10H3;4,6-10H,1-3H3;/q2*-1;. The van der Waals surface area contributed by atoms with E-state index in [1.807, 2.05) is 18.3 Å². The number of rotatable bonds is 8. The molecule has 0 unspecified atom stereocenters. The summed E-state index contributed by atoms with van der Waals surface area (Å²) < 4.78 is 22.0. The van der Waals surface area contributed by atoms with Crippen LogP contribution in [0.3, 0.4) is 0 Å². The van der Waals surface area contributed by atoms with Crippen LogP contribution in [0.2, 0.25) is 19.6 Å². The Labute approximate surface area is 441 Å². The van der Waals surface area contributed by atoms with Crippen molar-refractivity contribution in [2.75, 3.05) is 0 Å². The van der Waals surface area contributed by atoms with Crippen LogP contribution in [-0.2, 0) is 30.9 Å². The summed E-state index contributed by atoms with van der Waals surface area (Å²) in [5.41, 5.74) is 17.5. The van der Waals surface area contributed by atoms with Crippen molar-refractivity contribution in [1.82, 2.24) is 14.5 Å². The molecular formula is C65H66FIrN3OSi-2. The maximum absolute atomic E-state index is 12.8. The molecule has 72 heavy (non-hydrogen) atoms. The Hall–Kier alpha value is -6.24. The van der Waals surface area contributed by atoms with Crippen LogP contribution in [0.15, 0.2) is 156 Å². The number of benzene rings is 7. The number of pyridine rings is 1. The van der Waals surface area contributed by atoms with Gasteiger partial charge in [-0.25, -0.2) is 0 Å². The monoisotopic (exact) mass is 1140 g/mol. The van der Waals surface area contributed by atoms with Gasteiger partial charge >= 0.3 is 0 Å². The van der Waals surface area contributed by atoms with Crippen molar-refractivity contribution in [3.8, 4) is 50.6 Å². The molecule has 0 N–H and O–H groups in total. The van der Waals surface area contributed by atoms with Crippen LogP contribution in [0.4, 0.5) is 4.39 Å². The van der Waals surface area contributed by atoms with Gasteiger partial charge in [-0.1, -0.05) is 190 Å². The average molecular weight is 1140 g/mol. The third-order valence-corrected chi connectivity index (χ3v) is 15.8. The van der Waals surface area contributed by atoms with E-state index in [1.165, 1.54) is 62.0 Å². The molecule has 369 valence electrons. The fraction of sp³-hybridized carbons (Fsp3) is 0.262. The van der Waals surface area contributed by atoms with E-state index in [0.717, 1.165) is 61.2 Å². The number of hydrogen-bond donors (Lipinski definition) is 0. The molecule has 10 aromatic rings. The van der Waals surface area contributed by atoms with Crippen LogP contribution in [-0.4, -0.2) is 22.6 Å². The van der Waals surface area contributed by atoms with E-state index >= 15 is 0 Å². The topological polar surface area (TPSA) is 43.9 Å². The van der Waals surface area contributed by atoms with Crippen molar-refractivity contribution in [2.45, 2.75) is 112 Å². The van der Waals surface area contributed by atoms with Crippen molar-refractivity contribution in [3.63, 3.8) is 0 Å². The number of furan rings is 1. The third kappa shape index (κ3) is 10.6. The minimum atomic E-state index is -1.38. The molecule has 4 nitrogen and oxygen atoms in total. The summed E-state index contributed by atoms with van der Waals surface area (Å²) in [6.07, 6.45) is 1.87. The Balaban J connectivity index is 0.000000326. The molecule has 0 saturated heterocycles. The molecule has 0 spiro atoms. The SMILES string of the molecule is CC(C)(C)c1ccc(-c2[c-]cc(F)cc2)nc1.CC(C)c1cc(-c2ccc(C(C)(C)C)cc2)cc(C(C)C)c1-n1c(-c2[c-]ccc3c2oc2cc(-c4ccc([Si](C)(C)C)cc4)ccc23)nc2ccccc21.[Ir]. The van der Waals surface area contributed by atoms with E-state index in [2.05, 4.69) is 226 Å². The first-order valence-electron chi connectivity index (χ1n) is 25.0. The van der Waals surface area contributed by atoms with Crippen LogP contribution < -0.4 is 5.19 Å². The van der Waals surface area contributed by atoms with Gasteiger partial charge in [-0.2, -0.15) is 0 Å². The zero-order chi connectivity index (χ0) is 50.6. The second kappa shape index (κ2) is 20.3. The Bertz CT molecular complexity index is 3480. The molecule has 0 saturated carbocycles. The fourth-order valence-electron chi connectivity index (χ4n) is 9.38. The van der Waals surface area contributed by atoms with Gasteiger partial charge in [0, 0.05) is 43.2 Å². The van der Waals surface area contributed by atoms with Crippen LogP contribution in [0, 0.1) is 17.9 Å². The number of aromatic nitrogens is 3. The van der Waals surface area contributed by atoms with E-state index in [1.54, 1.807) is 6.07 Å². The summed E-state index contributed by atoms with van der Waals surface area (Å²) in [4.78, 5) is 9.75. The molecule has 0 bridgehead atoms. The molecule has 0 atom stereocenters. The van der Waals surface area contributed by atoms with E-state index in [4.69, 9.17) is 9.40 Å². The van der Waals surface area contributed by atoms with E-state index in [-0.39, 0.29) is 48.6 Å². The zero-order valence-corrected chi connectivity index (χ0v) is 47.4. The maximum atomic E-state index is 12.8. The van der Waals surface area contributed by atoms with Gasteiger partial charge in [0.2, 0.25) is 0 Å². The first-order valence-corrected chi connectivity index (χ1v) is 28.5. The molecule has 3 aromatic heterocycles. The van der Waals surface area contributed by atoms with Gasteiger partial charge < -0.3 is 14.0 Å². The maximum Gasteiger partial charge on any atom is 0.121 e. The number of fused-ring (bicyclic) bond motifs is 4. The summed E-state index contributed by atoms with van der Waals surface area (Å²) in [6.45, 7) is 29.6. The van der Waals surface area contributed by atoms with Crippen LogP contribution in [0.5, 0.6) is 0 Å². The molecular weight excluding hydrogens is 1080 g/mol. The quantitative estimate of drug-likeness (QED) is 0.112. The van der Waals surface area contributed by atoms with Crippen molar-refractivity contribution in [2.24, 2.45) is 0 Å². The largest absolute Gasteiger partial charge is 0.501 e. The average Bonchev–Trinajstić information content (AvgIpc) is 3.92. The number of halogens is 1. The smallest absolute Gasteiger partial charge is 0.121 e. The molecule has 0 aliphatic carbocycles. The fourth-order valence-corrected chi connectivity index (χ4v) is 10.5. The minimum absolute atomic E-state index is 0. The Morgan fingerprint density at radius 2 is 1.24 bits per heavy atom. The van der Waals surface area contributed by atoms with Crippen molar-refractivity contribution < 1.29 is 28.9 Å². The molecule has 10 rings (SSSR count). The summed E-state index contributed by atoms with van der Waals surface area (Å²) in [5.74, 6) is 1.10. The normalized spacial score (nSPS) is 12.2. The third-order valence-electron chi connectivity index (χ3n) is 13.7. The van der Waals surface area contributed by atoms with Gasteiger partial charge in [-0.15, -0.1) is 48.0 Å². The molecule has 1 radical (unpaired) electrons. The summed E-state index contributed by atoms with van der Waals surface area (Å²) in [6, 6.07) is 57.2. The Morgan fingerprint density at radius 1 is 0.625 bits per heavy atom. The molecule has 0 aliphatic heterocycles. The van der Waals surface area contributed by atoms with Gasteiger partial charge in [0.15, 0.2) is 0 Å². The second-order valence-corrected chi connectivity index (χ2v) is 27.8. The predicted molar refractivity (Wildman–Crippen MR) is 301 cm³/mol. The van der Waals surface area contributed by atoms with Gasteiger partial charge in [0.05, 0.1) is 30.5 Å². The van der Waals surface area contributed by atoms with Crippen molar-refractivity contribution >= 4 is 46.2 Å². The van der Waals surface area contributed by atoms with Crippen LogP contribution >= 0.6 is 0 Å². The van der Waals surface area contributed by atoms with Crippen molar-refractivity contribution in [3.05, 3.63) is 192 Å².